The summed E-state index contributed by atoms with van der Waals surface area (Å²) in [5, 5.41) is 17.8. The zero-order valence-electron chi connectivity index (χ0n) is 13.0. The Balaban J connectivity index is 1.45. The van der Waals surface area contributed by atoms with Gasteiger partial charge in [0.05, 0.1) is 18.8 Å². The molecule has 5 nitrogen and oxygen atoms in total. The summed E-state index contributed by atoms with van der Waals surface area (Å²) < 4.78 is 5.82. The van der Waals surface area contributed by atoms with E-state index in [4.69, 9.17) is 4.74 Å². The number of fused-ring (bicyclic) bond motifs is 1. The lowest BCUT2D eigenvalue weighted by Gasteiger charge is -2.15. The second kappa shape index (κ2) is 7.44. The fourth-order valence-corrected chi connectivity index (χ4v) is 2.83. The lowest BCUT2D eigenvalue weighted by Crippen LogP contribution is -2.42. The van der Waals surface area contributed by atoms with Gasteiger partial charge in [0.15, 0.2) is 0 Å². The van der Waals surface area contributed by atoms with Gasteiger partial charge in [0.25, 0.3) is 0 Å². The van der Waals surface area contributed by atoms with Crippen LogP contribution in [0.4, 0.5) is 0 Å². The third-order valence-corrected chi connectivity index (χ3v) is 4.08. The Kier molecular flexibility index (Phi) is 5.10. The maximum Gasteiger partial charge on any atom is 0.220 e. The molecule has 1 saturated heterocycles. The Bertz CT molecular complexity index is 669. The summed E-state index contributed by atoms with van der Waals surface area (Å²) in [7, 11) is 0. The van der Waals surface area contributed by atoms with E-state index in [9.17, 15) is 9.90 Å². The zero-order valence-corrected chi connectivity index (χ0v) is 13.0. The summed E-state index contributed by atoms with van der Waals surface area (Å²) >= 11 is 0. The summed E-state index contributed by atoms with van der Waals surface area (Å²) in [6.07, 6.45) is 0.546. The molecule has 1 aliphatic rings. The van der Waals surface area contributed by atoms with Crippen molar-refractivity contribution in [3.63, 3.8) is 0 Å². The Labute approximate surface area is 135 Å². The van der Waals surface area contributed by atoms with Gasteiger partial charge in [0.1, 0.15) is 5.75 Å². The van der Waals surface area contributed by atoms with Crippen LogP contribution in [0.3, 0.4) is 0 Å². The van der Waals surface area contributed by atoms with Gasteiger partial charge in [-0.15, -0.1) is 0 Å². The first-order chi connectivity index (χ1) is 11.2. The highest BCUT2D eigenvalue weighted by Crippen LogP contribution is 2.25. The third kappa shape index (κ3) is 4.00. The average molecular weight is 314 g/mol. The molecule has 1 aliphatic heterocycles. The van der Waals surface area contributed by atoms with Crippen LogP contribution in [0, 0.1) is 0 Å². The number of carbonyl (C=O) groups excluding carboxylic acids is 1. The predicted molar refractivity (Wildman–Crippen MR) is 89.5 cm³/mol. The van der Waals surface area contributed by atoms with Gasteiger partial charge < -0.3 is 20.5 Å². The molecule has 2 aromatic rings. The molecule has 0 bridgehead atoms. The van der Waals surface area contributed by atoms with E-state index in [1.165, 1.54) is 0 Å². The molecule has 0 aromatic heterocycles. The molecule has 0 unspecified atom stereocenters. The molecule has 2 aromatic carbocycles. The van der Waals surface area contributed by atoms with Crippen LogP contribution in [0.25, 0.3) is 10.8 Å². The molecule has 0 saturated carbocycles. The second-order valence-corrected chi connectivity index (χ2v) is 5.83. The van der Waals surface area contributed by atoms with E-state index in [0.717, 1.165) is 16.5 Å². The number of ether oxygens (including phenoxy) is 1. The van der Waals surface area contributed by atoms with Crippen molar-refractivity contribution >= 4 is 16.7 Å². The smallest absolute Gasteiger partial charge is 0.220 e. The average Bonchev–Trinajstić information content (AvgIpc) is 2.96. The van der Waals surface area contributed by atoms with Crippen LogP contribution >= 0.6 is 0 Å². The topological polar surface area (TPSA) is 70.6 Å². The van der Waals surface area contributed by atoms with Crippen molar-refractivity contribution in [1.82, 2.24) is 10.6 Å². The molecule has 1 heterocycles. The number of hydrogen-bond acceptors (Lipinski definition) is 4. The summed E-state index contributed by atoms with van der Waals surface area (Å²) in [5.74, 6) is 0.804. The molecule has 0 spiro atoms. The molecule has 1 amide bonds. The lowest BCUT2D eigenvalue weighted by atomic mass is 10.1. The Morgan fingerprint density at radius 1 is 1.22 bits per heavy atom. The molecule has 5 heteroatoms. The van der Waals surface area contributed by atoms with Crippen molar-refractivity contribution < 1.29 is 14.6 Å². The van der Waals surface area contributed by atoms with Gasteiger partial charge >= 0.3 is 0 Å². The van der Waals surface area contributed by atoms with Crippen LogP contribution in [-0.4, -0.2) is 42.9 Å². The van der Waals surface area contributed by atoms with Crippen molar-refractivity contribution in [2.75, 3.05) is 19.7 Å². The fourth-order valence-electron chi connectivity index (χ4n) is 2.83. The normalized spacial score (nSPS) is 20.6. The van der Waals surface area contributed by atoms with Crippen molar-refractivity contribution in [3.8, 4) is 5.75 Å². The number of amides is 1. The van der Waals surface area contributed by atoms with Gasteiger partial charge in [-0.3, -0.25) is 4.79 Å². The number of aliphatic hydroxyl groups is 1. The quantitative estimate of drug-likeness (QED) is 0.706. The van der Waals surface area contributed by atoms with Crippen LogP contribution in [-0.2, 0) is 4.79 Å². The molecular weight excluding hydrogens is 292 g/mol. The standard InChI is InChI=1S/C18H22N2O3/c21-16-12-19-11-15(16)20-18(22)9-4-10-23-17-8-3-6-13-5-1-2-7-14(13)17/h1-3,5-8,15-16,19,21H,4,9-12H2,(H,20,22)/t15-,16+/m0/s1. The van der Waals surface area contributed by atoms with E-state index < -0.39 is 6.10 Å². The van der Waals surface area contributed by atoms with Gasteiger partial charge in [-0.1, -0.05) is 36.4 Å². The summed E-state index contributed by atoms with van der Waals surface area (Å²) in [4.78, 5) is 11.9. The van der Waals surface area contributed by atoms with Gasteiger partial charge in [-0.2, -0.15) is 0 Å². The van der Waals surface area contributed by atoms with Crippen LogP contribution in [0.5, 0.6) is 5.75 Å². The van der Waals surface area contributed by atoms with Crippen LogP contribution in [0.2, 0.25) is 0 Å². The number of nitrogens with one attached hydrogen (secondary N) is 2. The molecule has 2 atom stereocenters. The molecule has 3 rings (SSSR count). The first-order valence-electron chi connectivity index (χ1n) is 8.03. The highest BCUT2D eigenvalue weighted by Gasteiger charge is 2.25. The Morgan fingerprint density at radius 3 is 2.87 bits per heavy atom. The minimum absolute atomic E-state index is 0.0423. The van der Waals surface area contributed by atoms with Gasteiger partial charge in [0, 0.05) is 24.9 Å². The SMILES string of the molecule is O=C(CCCOc1cccc2ccccc12)N[C@H]1CNC[C@H]1O. The highest BCUT2D eigenvalue weighted by molar-refractivity contribution is 5.88. The van der Waals surface area contributed by atoms with Gasteiger partial charge in [0.2, 0.25) is 5.91 Å². The number of hydrogen-bond donors (Lipinski definition) is 3. The van der Waals surface area contributed by atoms with E-state index in [1.807, 2.05) is 30.3 Å². The molecule has 3 N–H and O–H groups in total. The number of benzene rings is 2. The molecule has 1 fully saturated rings. The van der Waals surface area contributed by atoms with E-state index in [0.29, 0.717) is 32.5 Å². The van der Waals surface area contributed by atoms with Crippen molar-refractivity contribution in [2.24, 2.45) is 0 Å². The minimum atomic E-state index is -0.495. The van der Waals surface area contributed by atoms with E-state index in [2.05, 4.69) is 22.8 Å². The van der Waals surface area contributed by atoms with Crippen molar-refractivity contribution in [3.05, 3.63) is 42.5 Å². The summed E-state index contributed by atoms with van der Waals surface area (Å²) in [6.45, 7) is 1.65. The van der Waals surface area contributed by atoms with E-state index in [-0.39, 0.29) is 11.9 Å². The van der Waals surface area contributed by atoms with Crippen LogP contribution in [0.15, 0.2) is 42.5 Å². The maximum atomic E-state index is 11.9. The zero-order chi connectivity index (χ0) is 16.1. The van der Waals surface area contributed by atoms with E-state index >= 15 is 0 Å². The number of rotatable bonds is 6. The molecule has 122 valence electrons. The first kappa shape index (κ1) is 15.8. The largest absolute Gasteiger partial charge is 0.493 e. The highest BCUT2D eigenvalue weighted by atomic mass is 16.5. The minimum Gasteiger partial charge on any atom is -0.493 e. The number of carbonyl (C=O) groups is 1. The number of β-amino-alcohol motifs (C(OH)–C–C–N with tert-alkyl or cyclic N) is 1. The second-order valence-electron chi connectivity index (χ2n) is 5.83. The lowest BCUT2D eigenvalue weighted by molar-refractivity contribution is -0.122. The number of aliphatic hydroxyl groups excluding tert-OH is 1. The van der Waals surface area contributed by atoms with Gasteiger partial charge in [-0.05, 0) is 17.9 Å². The predicted octanol–water partition coefficient (Wildman–Crippen LogP) is 1.45. The monoisotopic (exact) mass is 314 g/mol. The Morgan fingerprint density at radius 2 is 2.04 bits per heavy atom. The first-order valence-corrected chi connectivity index (χ1v) is 8.03. The maximum absolute atomic E-state index is 11.9. The van der Waals surface area contributed by atoms with Crippen molar-refractivity contribution in [1.29, 1.82) is 0 Å². The van der Waals surface area contributed by atoms with Gasteiger partial charge in [-0.25, -0.2) is 0 Å². The molecule has 0 radical (unpaired) electrons. The van der Waals surface area contributed by atoms with E-state index in [1.54, 1.807) is 0 Å². The van der Waals surface area contributed by atoms with Crippen LogP contribution < -0.4 is 15.4 Å². The third-order valence-electron chi connectivity index (χ3n) is 4.08. The van der Waals surface area contributed by atoms with Crippen LogP contribution in [0.1, 0.15) is 12.8 Å². The summed E-state index contributed by atoms with van der Waals surface area (Å²) in [6, 6.07) is 13.9. The molecule has 0 aliphatic carbocycles. The van der Waals surface area contributed by atoms with Crippen molar-refractivity contribution in [2.45, 2.75) is 25.0 Å². The fraction of sp³-hybridized carbons (Fsp3) is 0.389. The molecular formula is C18H22N2O3. The molecule has 23 heavy (non-hydrogen) atoms. The Hall–Kier alpha value is -2.11. The summed E-state index contributed by atoms with van der Waals surface area (Å²) in [5.41, 5.74) is 0.